The van der Waals surface area contributed by atoms with Crippen LogP contribution in [0, 0.1) is 11.6 Å². The predicted octanol–water partition coefficient (Wildman–Crippen LogP) is 6.09. The lowest BCUT2D eigenvalue weighted by Crippen LogP contribution is -2.47. The summed E-state index contributed by atoms with van der Waals surface area (Å²) in [5.41, 5.74) is 6.46. The van der Waals surface area contributed by atoms with Crippen molar-refractivity contribution in [3.05, 3.63) is 113 Å². The van der Waals surface area contributed by atoms with Crippen LogP contribution < -0.4 is 0 Å². The highest BCUT2D eigenvalue weighted by Gasteiger charge is 2.26. The molecule has 5 rings (SSSR count). The van der Waals surface area contributed by atoms with E-state index in [-0.39, 0.29) is 17.7 Å². The smallest absolute Gasteiger partial charge is 0.123 e. The minimum atomic E-state index is -0.237. The van der Waals surface area contributed by atoms with Crippen LogP contribution in [0.25, 0.3) is 5.57 Å². The second-order valence-electron chi connectivity index (χ2n) is 9.08. The maximum Gasteiger partial charge on any atom is 0.123 e. The summed E-state index contributed by atoms with van der Waals surface area (Å²) >= 11 is 0. The van der Waals surface area contributed by atoms with E-state index < -0.39 is 0 Å². The molecule has 1 aliphatic heterocycles. The Balaban J connectivity index is 1.28. The SMILES string of the molecule is Fc1ccc(C(c2ccc(F)cc2)N2CCN(C/C=C3/CCCc4ccccc43)CC2)cc1. The van der Waals surface area contributed by atoms with Gasteiger partial charge in [-0.3, -0.25) is 9.80 Å². The van der Waals surface area contributed by atoms with E-state index >= 15 is 0 Å². The molecule has 0 unspecified atom stereocenters. The van der Waals surface area contributed by atoms with Crippen molar-refractivity contribution >= 4 is 5.57 Å². The summed E-state index contributed by atoms with van der Waals surface area (Å²) in [7, 11) is 0. The molecule has 1 aliphatic carbocycles. The molecule has 0 atom stereocenters. The third kappa shape index (κ3) is 5.07. The number of aryl methyl sites for hydroxylation is 1. The molecular formula is C29H30F2N2. The van der Waals surface area contributed by atoms with Gasteiger partial charge in [0.25, 0.3) is 0 Å². The lowest BCUT2D eigenvalue weighted by Gasteiger charge is -2.39. The monoisotopic (exact) mass is 444 g/mol. The summed E-state index contributed by atoms with van der Waals surface area (Å²) in [5.74, 6) is -0.475. The Morgan fingerprint density at radius 3 is 1.97 bits per heavy atom. The number of piperazine rings is 1. The number of nitrogens with zero attached hydrogens (tertiary/aromatic N) is 2. The van der Waals surface area contributed by atoms with Gasteiger partial charge in [-0.25, -0.2) is 8.78 Å². The summed E-state index contributed by atoms with van der Waals surface area (Å²) in [6.45, 7) is 4.75. The van der Waals surface area contributed by atoms with Gasteiger partial charge in [-0.2, -0.15) is 0 Å². The van der Waals surface area contributed by atoms with Crippen LogP contribution in [0.1, 0.15) is 41.1 Å². The molecule has 170 valence electrons. The largest absolute Gasteiger partial charge is 0.297 e. The number of rotatable bonds is 5. The number of fused-ring (bicyclic) bond motifs is 1. The first-order valence-corrected chi connectivity index (χ1v) is 11.9. The summed E-state index contributed by atoms with van der Waals surface area (Å²) in [5, 5.41) is 0. The summed E-state index contributed by atoms with van der Waals surface area (Å²) in [4.78, 5) is 4.94. The van der Waals surface area contributed by atoms with Crippen LogP contribution in [0.5, 0.6) is 0 Å². The maximum absolute atomic E-state index is 13.6. The maximum atomic E-state index is 13.6. The topological polar surface area (TPSA) is 6.48 Å². The fourth-order valence-corrected chi connectivity index (χ4v) is 5.22. The minimum absolute atomic E-state index is 0.00285. The van der Waals surface area contributed by atoms with Crippen molar-refractivity contribution in [2.75, 3.05) is 32.7 Å². The molecular weight excluding hydrogens is 414 g/mol. The molecule has 2 aliphatic rings. The number of benzene rings is 3. The van der Waals surface area contributed by atoms with Gasteiger partial charge >= 0.3 is 0 Å². The number of hydrogen-bond donors (Lipinski definition) is 0. The molecule has 0 amide bonds. The zero-order valence-electron chi connectivity index (χ0n) is 18.9. The molecule has 0 bridgehead atoms. The van der Waals surface area contributed by atoms with E-state index in [4.69, 9.17) is 0 Å². The normalized spacial score (nSPS) is 18.6. The zero-order valence-corrected chi connectivity index (χ0v) is 18.9. The second-order valence-corrected chi connectivity index (χ2v) is 9.08. The first kappa shape index (κ1) is 22.0. The molecule has 0 N–H and O–H groups in total. The van der Waals surface area contributed by atoms with Crippen LogP contribution in [0.15, 0.2) is 78.9 Å². The summed E-state index contributed by atoms with van der Waals surface area (Å²) in [6.07, 6.45) is 5.99. The van der Waals surface area contributed by atoms with Crippen molar-refractivity contribution in [2.24, 2.45) is 0 Å². The zero-order chi connectivity index (χ0) is 22.6. The van der Waals surface area contributed by atoms with E-state index in [9.17, 15) is 8.78 Å². The fourth-order valence-electron chi connectivity index (χ4n) is 5.22. The van der Waals surface area contributed by atoms with Gasteiger partial charge in [0, 0.05) is 32.7 Å². The van der Waals surface area contributed by atoms with E-state index in [2.05, 4.69) is 40.1 Å². The summed E-state index contributed by atoms with van der Waals surface area (Å²) in [6, 6.07) is 22.2. The second kappa shape index (κ2) is 9.98. The average molecular weight is 445 g/mol. The molecule has 33 heavy (non-hydrogen) atoms. The molecule has 0 saturated carbocycles. The van der Waals surface area contributed by atoms with Crippen molar-refractivity contribution in [1.82, 2.24) is 9.80 Å². The van der Waals surface area contributed by atoms with Crippen LogP contribution in [-0.4, -0.2) is 42.5 Å². The van der Waals surface area contributed by atoms with Gasteiger partial charge in [0.1, 0.15) is 11.6 Å². The van der Waals surface area contributed by atoms with Gasteiger partial charge in [0.05, 0.1) is 6.04 Å². The highest BCUT2D eigenvalue weighted by molar-refractivity contribution is 5.70. The van der Waals surface area contributed by atoms with Crippen LogP contribution in [0.4, 0.5) is 8.78 Å². The molecule has 3 aromatic rings. The minimum Gasteiger partial charge on any atom is -0.297 e. The molecule has 3 aromatic carbocycles. The Labute approximate surface area is 195 Å². The van der Waals surface area contributed by atoms with Gasteiger partial charge in [-0.1, -0.05) is 54.6 Å². The van der Waals surface area contributed by atoms with Crippen LogP contribution in [0.3, 0.4) is 0 Å². The highest BCUT2D eigenvalue weighted by atomic mass is 19.1. The number of hydrogen-bond acceptors (Lipinski definition) is 2. The third-order valence-electron chi connectivity index (χ3n) is 6.99. The Hall–Kier alpha value is -2.82. The first-order chi connectivity index (χ1) is 16.2. The van der Waals surface area contributed by atoms with Crippen molar-refractivity contribution in [3.63, 3.8) is 0 Å². The van der Waals surface area contributed by atoms with Gasteiger partial charge < -0.3 is 0 Å². The molecule has 0 radical (unpaired) electrons. The number of halogens is 2. The van der Waals surface area contributed by atoms with Crippen LogP contribution >= 0.6 is 0 Å². The first-order valence-electron chi connectivity index (χ1n) is 11.9. The molecule has 4 heteroatoms. The van der Waals surface area contributed by atoms with Gasteiger partial charge in [0.15, 0.2) is 0 Å². The Morgan fingerprint density at radius 2 is 1.33 bits per heavy atom. The Bertz CT molecular complexity index is 1050. The van der Waals surface area contributed by atoms with Crippen molar-refractivity contribution < 1.29 is 8.78 Å². The lowest BCUT2D eigenvalue weighted by molar-refractivity contribution is 0.117. The van der Waals surface area contributed by atoms with Crippen LogP contribution in [0.2, 0.25) is 0 Å². The van der Waals surface area contributed by atoms with Crippen molar-refractivity contribution in [2.45, 2.75) is 25.3 Å². The standard InChI is InChI=1S/C29H30F2N2/c30-26-12-8-24(9-13-26)29(25-10-14-27(31)15-11-25)33-20-18-32(19-21-33)17-16-23-6-3-5-22-4-1-2-7-28(22)23/h1-2,4,7-16,29H,3,5-6,17-21H2/b23-16-. The highest BCUT2D eigenvalue weighted by Crippen LogP contribution is 2.32. The van der Waals surface area contributed by atoms with E-state index in [1.807, 2.05) is 24.3 Å². The average Bonchev–Trinajstić information content (AvgIpc) is 2.86. The number of allylic oxidation sites excluding steroid dienone is 1. The van der Waals surface area contributed by atoms with Crippen LogP contribution in [-0.2, 0) is 6.42 Å². The van der Waals surface area contributed by atoms with E-state index in [0.717, 1.165) is 50.3 Å². The molecule has 1 heterocycles. The molecule has 0 aromatic heterocycles. The van der Waals surface area contributed by atoms with E-state index in [0.29, 0.717) is 0 Å². The molecule has 0 spiro atoms. The summed E-state index contributed by atoms with van der Waals surface area (Å²) < 4.78 is 27.1. The molecule has 1 fully saturated rings. The molecule has 1 saturated heterocycles. The van der Waals surface area contributed by atoms with Crippen molar-refractivity contribution in [1.29, 1.82) is 0 Å². The quantitative estimate of drug-likeness (QED) is 0.470. The molecule has 2 nitrogen and oxygen atoms in total. The van der Waals surface area contributed by atoms with E-state index in [1.165, 1.54) is 53.8 Å². The van der Waals surface area contributed by atoms with Crippen molar-refractivity contribution in [3.8, 4) is 0 Å². The lowest BCUT2D eigenvalue weighted by atomic mass is 9.87. The Kier molecular flexibility index (Phi) is 6.65. The van der Waals surface area contributed by atoms with Gasteiger partial charge in [-0.05, 0) is 71.4 Å². The van der Waals surface area contributed by atoms with E-state index in [1.54, 1.807) is 0 Å². The fraction of sp³-hybridized carbons (Fsp3) is 0.310. The predicted molar refractivity (Wildman–Crippen MR) is 130 cm³/mol. The van der Waals surface area contributed by atoms with Gasteiger partial charge in [0.2, 0.25) is 0 Å². The third-order valence-corrected chi connectivity index (χ3v) is 6.99. The Morgan fingerprint density at radius 1 is 0.727 bits per heavy atom. The van der Waals surface area contributed by atoms with Gasteiger partial charge in [-0.15, -0.1) is 0 Å².